The number of hydrogen-bond donors (Lipinski definition) is 1. The van der Waals surface area contributed by atoms with E-state index in [1.165, 1.54) is 12.2 Å². The molecule has 0 saturated carbocycles. The molecule has 0 amide bonds. The third-order valence-corrected chi connectivity index (χ3v) is 2.60. The highest BCUT2D eigenvalue weighted by Gasteiger charge is 2.17. The second-order valence-electron chi connectivity index (χ2n) is 4.65. The van der Waals surface area contributed by atoms with Crippen molar-refractivity contribution in [2.45, 2.75) is 26.7 Å². The van der Waals surface area contributed by atoms with Crippen molar-refractivity contribution in [3.8, 4) is 0 Å². The predicted molar refractivity (Wildman–Crippen MR) is 59.2 cm³/mol. The quantitative estimate of drug-likeness (QED) is 0.773. The molecule has 0 bridgehead atoms. The van der Waals surface area contributed by atoms with E-state index in [-0.39, 0.29) is 0 Å². The summed E-state index contributed by atoms with van der Waals surface area (Å²) in [5, 5.41) is 3.23. The van der Waals surface area contributed by atoms with Gasteiger partial charge in [-0.2, -0.15) is 0 Å². The molecule has 1 aromatic heterocycles. The van der Waals surface area contributed by atoms with Crippen LogP contribution in [0.1, 0.15) is 26.1 Å². The minimum atomic E-state index is 0.348. The van der Waals surface area contributed by atoms with E-state index in [0.717, 1.165) is 13.0 Å². The summed E-state index contributed by atoms with van der Waals surface area (Å²) in [5.74, 6) is 1.18. The third kappa shape index (κ3) is 3.14. The molecule has 0 saturated heterocycles. The maximum atomic E-state index is 4.32. The monoisotopic (exact) mass is 195 g/mol. The summed E-state index contributed by atoms with van der Waals surface area (Å²) in [6.07, 6.45) is 6.08. The molecule has 0 aliphatic heterocycles. The largest absolute Gasteiger partial charge is 0.338 e. The Kier molecular flexibility index (Phi) is 3.69. The van der Waals surface area contributed by atoms with E-state index in [0.29, 0.717) is 5.41 Å². The third-order valence-electron chi connectivity index (χ3n) is 2.60. The molecule has 0 aromatic carbocycles. The minimum Gasteiger partial charge on any atom is -0.338 e. The van der Waals surface area contributed by atoms with Gasteiger partial charge in [0.05, 0.1) is 0 Å². The van der Waals surface area contributed by atoms with Gasteiger partial charge in [-0.15, -0.1) is 0 Å². The van der Waals surface area contributed by atoms with Crippen LogP contribution in [0.3, 0.4) is 0 Å². The smallest absolute Gasteiger partial charge is 0.108 e. The van der Waals surface area contributed by atoms with Gasteiger partial charge in [0.15, 0.2) is 0 Å². The lowest BCUT2D eigenvalue weighted by Gasteiger charge is -2.23. The maximum absolute atomic E-state index is 4.32. The van der Waals surface area contributed by atoms with Crippen molar-refractivity contribution in [3.63, 3.8) is 0 Å². The van der Waals surface area contributed by atoms with Crippen LogP contribution in [0.4, 0.5) is 0 Å². The van der Waals surface area contributed by atoms with Crippen LogP contribution in [0.2, 0.25) is 0 Å². The summed E-state index contributed by atoms with van der Waals surface area (Å²) >= 11 is 0. The molecule has 14 heavy (non-hydrogen) atoms. The molecule has 0 atom stereocenters. The molecule has 0 fully saturated rings. The summed E-state index contributed by atoms with van der Waals surface area (Å²) in [6.45, 7) is 5.62. The van der Waals surface area contributed by atoms with Crippen molar-refractivity contribution >= 4 is 0 Å². The minimum absolute atomic E-state index is 0.348. The Morgan fingerprint density at radius 2 is 2.21 bits per heavy atom. The second kappa shape index (κ2) is 4.60. The van der Waals surface area contributed by atoms with E-state index < -0.39 is 0 Å². The summed E-state index contributed by atoms with van der Waals surface area (Å²) < 4.78 is 2.09. The summed E-state index contributed by atoms with van der Waals surface area (Å²) in [6, 6.07) is 0. The van der Waals surface area contributed by atoms with Crippen molar-refractivity contribution in [2.75, 3.05) is 13.6 Å². The number of aryl methyl sites for hydroxylation is 2. The highest BCUT2D eigenvalue weighted by molar-refractivity contribution is 4.92. The summed E-state index contributed by atoms with van der Waals surface area (Å²) in [7, 11) is 4.05. The molecule has 1 N–H and O–H groups in total. The molecule has 0 aliphatic rings. The van der Waals surface area contributed by atoms with Gasteiger partial charge in [-0.05, 0) is 25.4 Å². The number of aromatic nitrogens is 2. The zero-order valence-electron chi connectivity index (χ0n) is 9.67. The Balaban J connectivity index is 2.44. The first-order valence-corrected chi connectivity index (χ1v) is 5.16. The fourth-order valence-electron chi connectivity index (χ4n) is 1.65. The van der Waals surface area contributed by atoms with Crippen LogP contribution in [-0.2, 0) is 13.5 Å². The van der Waals surface area contributed by atoms with Gasteiger partial charge in [0.2, 0.25) is 0 Å². The Bertz CT molecular complexity index is 276. The molecule has 0 aliphatic carbocycles. The topological polar surface area (TPSA) is 29.9 Å². The first-order valence-electron chi connectivity index (χ1n) is 5.16. The van der Waals surface area contributed by atoms with Gasteiger partial charge >= 0.3 is 0 Å². The van der Waals surface area contributed by atoms with Crippen LogP contribution in [0.5, 0.6) is 0 Å². The Morgan fingerprint density at radius 1 is 1.50 bits per heavy atom. The molecule has 1 heterocycles. The van der Waals surface area contributed by atoms with Gasteiger partial charge in [-0.25, -0.2) is 4.98 Å². The van der Waals surface area contributed by atoms with Crippen molar-refractivity contribution in [1.82, 2.24) is 14.9 Å². The van der Waals surface area contributed by atoms with Gasteiger partial charge in [-0.3, -0.25) is 0 Å². The Labute approximate surface area is 86.5 Å². The molecule has 3 heteroatoms. The average Bonchev–Trinajstić information content (AvgIpc) is 2.48. The molecule has 0 unspecified atom stereocenters. The zero-order chi connectivity index (χ0) is 10.6. The molecular weight excluding hydrogens is 174 g/mol. The van der Waals surface area contributed by atoms with Crippen LogP contribution in [0, 0.1) is 5.41 Å². The summed E-state index contributed by atoms with van der Waals surface area (Å²) in [5.41, 5.74) is 0.348. The molecule has 1 aromatic rings. The Hall–Kier alpha value is -0.830. The zero-order valence-corrected chi connectivity index (χ0v) is 9.67. The lowest BCUT2D eigenvalue weighted by Crippen LogP contribution is -2.27. The lowest BCUT2D eigenvalue weighted by atomic mass is 9.87. The van der Waals surface area contributed by atoms with E-state index in [9.17, 15) is 0 Å². The SMILES string of the molecule is CNCC(C)(C)CCc1nccn1C. The lowest BCUT2D eigenvalue weighted by molar-refractivity contribution is 0.321. The van der Waals surface area contributed by atoms with E-state index in [1.54, 1.807) is 0 Å². The van der Waals surface area contributed by atoms with E-state index in [2.05, 4.69) is 28.7 Å². The molecule has 1 rings (SSSR count). The van der Waals surface area contributed by atoms with Crippen LogP contribution in [0.25, 0.3) is 0 Å². The fraction of sp³-hybridized carbons (Fsp3) is 0.727. The van der Waals surface area contributed by atoms with Crippen LogP contribution in [-0.4, -0.2) is 23.1 Å². The van der Waals surface area contributed by atoms with Crippen molar-refractivity contribution in [3.05, 3.63) is 18.2 Å². The first-order chi connectivity index (χ1) is 6.55. The standard InChI is InChI=1S/C11H21N3/c1-11(2,9-12-3)6-5-10-13-7-8-14(10)4/h7-8,12H,5-6,9H2,1-4H3. The summed E-state index contributed by atoms with van der Waals surface area (Å²) in [4.78, 5) is 4.32. The predicted octanol–water partition coefficient (Wildman–Crippen LogP) is 1.60. The normalized spacial score (nSPS) is 12.0. The highest BCUT2D eigenvalue weighted by atomic mass is 15.0. The molecular formula is C11H21N3. The highest BCUT2D eigenvalue weighted by Crippen LogP contribution is 2.20. The second-order valence-corrected chi connectivity index (χ2v) is 4.65. The van der Waals surface area contributed by atoms with E-state index in [1.807, 2.05) is 26.5 Å². The maximum Gasteiger partial charge on any atom is 0.108 e. The van der Waals surface area contributed by atoms with Crippen LogP contribution in [0.15, 0.2) is 12.4 Å². The van der Waals surface area contributed by atoms with Crippen molar-refractivity contribution < 1.29 is 0 Å². The first kappa shape index (κ1) is 11.2. The number of nitrogens with one attached hydrogen (secondary N) is 1. The number of imidazole rings is 1. The van der Waals surface area contributed by atoms with Gasteiger partial charge in [0.1, 0.15) is 5.82 Å². The van der Waals surface area contributed by atoms with Crippen LogP contribution < -0.4 is 5.32 Å². The van der Waals surface area contributed by atoms with Gasteiger partial charge in [0.25, 0.3) is 0 Å². The van der Waals surface area contributed by atoms with Crippen molar-refractivity contribution in [1.29, 1.82) is 0 Å². The number of hydrogen-bond acceptors (Lipinski definition) is 2. The van der Waals surface area contributed by atoms with E-state index in [4.69, 9.17) is 0 Å². The van der Waals surface area contributed by atoms with Gasteiger partial charge in [0, 0.05) is 25.9 Å². The number of nitrogens with zero attached hydrogens (tertiary/aromatic N) is 2. The van der Waals surface area contributed by atoms with Gasteiger partial charge < -0.3 is 9.88 Å². The van der Waals surface area contributed by atoms with Gasteiger partial charge in [-0.1, -0.05) is 13.8 Å². The van der Waals surface area contributed by atoms with Crippen molar-refractivity contribution in [2.24, 2.45) is 12.5 Å². The molecule has 0 radical (unpaired) electrons. The fourth-order valence-corrected chi connectivity index (χ4v) is 1.65. The average molecular weight is 195 g/mol. The molecule has 80 valence electrons. The van der Waals surface area contributed by atoms with E-state index >= 15 is 0 Å². The number of rotatable bonds is 5. The molecule has 3 nitrogen and oxygen atoms in total. The Morgan fingerprint density at radius 3 is 2.71 bits per heavy atom. The van der Waals surface area contributed by atoms with Crippen LogP contribution >= 0.6 is 0 Å². The molecule has 0 spiro atoms.